The van der Waals surface area contributed by atoms with E-state index < -0.39 is 40.7 Å². The Morgan fingerprint density at radius 1 is 0.932 bits per heavy atom. The molecule has 9 heteroatoms. The zero-order chi connectivity index (χ0) is 30.3. The van der Waals surface area contributed by atoms with Gasteiger partial charge in [-0.1, -0.05) is 37.3 Å². The number of para-hydroxylation sites is 1. The highest BCUT2D eigenvalue weighted by molar-refractivity contribution is 5.85. The lowest BCUT2D eigenvalue weighted by Gasteiger charge is -2.23. The Morgan fingerprint density at radius 2 is 1.77 bits per heavy atom. The molecule has 218 valence electrons. The Balaban J connectivity index is 1.19. The predicted octanol–water partition coefficient (Wildman–Crippen LogP) is 7.37. The van der Waals surface area contributed by atoms with Crippen molar-refractivity contribution in [2.45, 2.75) is 31.4 Å². The van der Waals surface area contributed by atoms with Gasteiger partial charge in [-0.3, -0.25) is 4.79 Å². The maximum absolute atomic E-state index is 15.6. The fourth-order valence-electron chi connectivity index (χ4n) is 6.89. The molecule has 1 saturated carbocycles. The van der Waals surface area contributed by atoms with Crippen molar-refractivity contribution in [2.75, 3.05) is 0 Å². The molecule has 0 amide bonds. The van der Waals surface area contributed by atoms with Crippen LogP contribution in [0, 0.1) is 23.4 Å². The normalized spacial score (nSPS) is 20.1. The molecule has 3 atom stereocenters. The van der Waals surface area contributed by atoms with Gasteiger partial charge in [0, 0.05) is 28.3 Å². The third kappa shape index (κ3) is 3.92. The molecule has 1 fully saturated rings. The minimum absolute atomic E-state index is 0.128. The quantitative estimate of drug-likeness (QED) is 0.227. The number of carbonyl (C=O) groups is 1. The van der Waals surface area contributed by atoms with E-state index >= 15 is 4.39 Å². The van der Waals surface area contributed by atoms with Crippen LogP contribution in [0.15, 0.2) is 84.9 Å². The van der Waals surface area contributed by atoms with Crippen molar-refractivity contribution < 1.29 is 27.8 Å². The molecular weight excluding hydrogens is 567 g/mol. The van der Waals surface area contributed by atoms with E-state index in [1.54, 1.807) is 12.1 Å². The number of carboxylic acids is 1. The Hall–Kier alpha value is -5.18. The number of halogens is 3. The largest absolute Gasteiger partial charge is 0.487 e. The molecule has 2 aromatic heterocycles. The molecule has 8 rings (SSSR count). The second kappa shape index (κ2) is 9.41. The highest BCUT2D eigenvalue weighted by atomic mass is 19.2. The van der Waals surface area contributed by atoms with Gasteiger partial charge in [0.25, 0.3) is 0 Å². The van der Waals surface area contributed by atoms with Crippen molar-refractivity contribution >= 4 is 27.9 Å². The fourth-order valence-corrected chi connectivity index (χ4v) is 6.89. The standard InChI is InChI=1S/C35H24F3N3O3/c1-35-24-12-20(26(37)15-23(24)19-7-10-25(36)27(38)13-19)16-41-30-11-9-22(14-29(30)40-33(41)31(35)32(35)34(42)43)44-17-21-8-6-18-4-2-3-5-28(18)39-21/h2-15,31-32H,16-17H2,1H3,(H,42,43). The minimum atomic E-state index is -1.06. The molecule has 1 N–H and O–H groups in total. The molecule has 3 heterocycles. The van der Waals surface area contributed by atoms with Crippen LogP contribution in [0.5, 0.6) is 5.75 Å². The third-order valence-electron chi connectivity index (χ3n) is 9.18. The van der Waals surface area contributed by atoms with Crippen LogP contribution in [0.4, 0.5) is 13.2 Å². The molecule has 4 aromatic carbocycles. The first-order chi connectivity index (χ1) is 21.2. The molecule has 0 saturated heterocycles. The molecule has 0 radical (unpaired) electrons. The van der Waals surface area contributed by atoms with Crippen LogP contribution in [0.2, 0.25) is 0 Å². The maximum Gasteiger partial charge on any atom is 0.308 e. The van der Waals surface area contributed by atoms with Crippen LogP contribution in [0.1, 0.15) is 35.5 Å². The number of benzene rings is 4. The molecular formula is C35H24F3N3O3. The first-order valence-corrected chi connectivity index (χ1v) is 14.2. The lowest BCUT2D eigenvalue weighted by atomic mass is 9.84. The molecule has 44 heavy (non-hydrogen) atoms. The van der Waals surface area contributed by atoms with Gasteiger partial charge in [0.05, 0.1) is 34.7 Å². The van der Waals surface area contributed by atoms with Gasteiger partial charge in [-0.05, 0) is 65.2 Å². The molecule has 0 spiro atoms. The highest BCUT2D eigenvalue weighted by Gasteiger charge is 2.69. The van der Waals surface area contributed by atoms with Gasteiger partial charge in [-0.15, -0.1) is 0 Å². The van der Waals surface area contributed by atoms with Crippen molar-refractivity contribution in [1.82, 2.24) is 14.5 Å². The van der Waals surface area contributed by atoms with E-state index in [1.165, 1.54) is 12.1 Å². The van der Waals surface area contributed by atoms with Gasteiger partial charge in [-0.25, -0.2) is 23.1 Å². The monoisotopic (exact) mass is 591 g/mol. The number of nitrogens with zero attached hydrogens (tertiary/aromatic N) is 3. The van der Waals surface area contributed by atoms with Crippen molar-refractivity contribution in [1.29, 1.82) is 0 Å². The van der Waals surface area contributed by atoms with Crippen LogP contribution < -0.4 is 4.74 Å². The van der Waals surface area contributed by atoms with E-state index in [0.717, 1.165) is 34.2 Å². The number of pyridine rings is 1. The summed E-state index contributed by atoms with van der Waals surface area (Å²) in [4.78, 5) is 22.1. The number of ether oxygens (including phenoxy) is 1. The third-order valence-corrected chi connectivity index (χ3v) is 9.18. The van der Waals surface area contributed by atoms with Crippen LogP contribution >= 0.6 is 0 Å². The lowest BCUT2D eigenvalue weighted by molar-refractivity contribution is -0.139. The second-order valence-corrected chi connectivity index (χ2v) is 11.7. The molecule has 6 aromatic rings. The number of imidazole rings is 1. The summed E-state index contributed by atoms with van der Waals surface area (Å²) in [6, 6.07) is 23.6. The van der Waals surface area contributed by atoms with Crippen molar-refractivity contribution in [3.63, 3.8) is 0 Å². The molecule has 1 aliphatic carbocycles. The Kier molecular flexibility index (Phi) is 5.66. The number of rotatable bonds is 5. The van der Waals surface area contributed by atoms with Gasteiger partial charge >= 0.3 is 5.97 Å². The van der Waals surface area contributed by atoms with Crippen LogP contribution in [0.25, 0.3) is 33.1 Å². The molecule has 2 bridgehead atoms. The van der Waals surface area contributed by atoms with E-state index in [-0.39, 0.29) is 18.7 Å². The van der Waals surface area contributed by atoms with Crippen LogP contribution in [-0.2, 0) is 23.4 Å². The van der Waals surface area contributed by atoms with E-state index in [9.17, 15) is 18.7 Å². The van der Waals surface area contributed by atoms with Crippen LogP contribution in [0.3, 0.4) is 0 Å². The van der Waals surface area contributed by atoms with E-state index in [0.29, 0.717) is 33.8 Å². The number of aliphatic carboxylic acids is 1. The maximum atomic E-state index is 15.6. The molecule has 6 nitrogen and oxygen atoms in total. The van der Waals surface area contributed by atoms with Gasteiger partial charge < -0.3 is 14.4 Å². The van der Waals surface area contributed by atoms with Gasteiger partial charge in [0.15, 0.2) is 11.6 Å². The van der Waals surface area contributed by atoms with Crippen molar-refractivity contribution in [3.05, 3.63) is 125 Å². The summed E-state index contributed by atoms with van der Waals surface area (Å²) in [6.45, 7) is 2.19. The van der Waals surface area contributed by atoms with Crippen molar-refractivity contribution in [2.24, 2.45) is 5.92 Å². The molecule has 2 aliphatic rings. The summed E-state index contributed by atoms with van der Waals surface area (Å²) < 4.78 is 51.5. The fraction of sp³-hybridized carbons (Fsp3) is 0.171. The number of aromatic nitrogens is 3. The average molecular weight is 592 g/mol. The molecule has 3 unspecified atom stereocenters. The van der Waals surface area contributed by atoms with E-state index in [2.05, 4.69) is 4.98 Å². The highest BCUT2D eigenvalue weighted by Crippen LogP contribution is 2.67. The Bertz CT molecular complexity index is 2180. The first-order valence-electron chi connectivity index (χ1n) is 14.2. The van der Waals surface area contributed by atoms with Crippen molar-refractivity contribution in [3.8, 4) is 16.9 Å². The first kappa shape index (κ1) is 26.4. The summed E-state index contributed by atoms with van der Waals surface area (Å²) in [5.41, 5.74) is 3.54. The van der Waals surface area contributed by atoms with E-state index in [1.807, 2.05) is 60.0 Å². The van der Waals surface area contributed by atoms with Gasteiger partial charge in [-0.2, -0.15) is 0 Å². The summed E-state index contributed by atoms with van der Waals surface area (Å²) in [5, 5.41) is 11.3. The SMILES string of the molecule is CC12c3cc(c(F)cc3-c3ccc(F)c(F)c3)Cn3c(nc4cc(OCc5ccc6ccccc6n5)ccc43)C1C2C(=O)O. The average Bonchev–Trinajstić information content (AvgIpc) is 3.50. The number of carboxylic acid groups (broad SMARTS) is 1. The summed E-state index contributed by atoms with van der Waals surface area (Å²) in [7, 11) is 0. The Morgan fingerprint density at radius 3 is 2.59 bits per heavy atom. The summed E-state index contributed by atoms with van der Waals surface area (Å²) in [5.74, 6) is -3.89. The van der Waals surface area contributed by atoms with E-state index in [4.69, 9.17) is 9.72 Å². The van der Waals surface area contributed by atoms with Crippen LogP contribution in [-0.4, -0.2) is 25.6 Å². The lowest BCUT2D eigenvalue weighted by Crippen LogP contribution is -2.17. The number of hydrogen-bond donors (Lipinski definition) is 1. The minimum Gasteiger partial charge on any atom is -0.487 e. The topological polar surface area (TPSA) is 77.2 Å². The predicted molar refractivity (Wildman–Crippen MR) is 158 cm³/mol. The molecule has 1 aliphatic heterocycles. The zero-order valence-electron chi connectivity index (χ0n) is 23.4. The summed E-state index contributed by atoms with van der Waals surface area (Å²) >= 11 is 0. The number of hydrogen-bond acceptors (Lipinski definition) is 4. The zero-order valence-corrected chi connectivity index (χ0v) is 23.4. The smallest absolute Gasteiger partial charge is 0.308 e. The Labute approximate surface area is 249 Å². The number of fused-ring (bicyclic) bond motifs is 9. The second-order valence-electron chi connectivity index (χ2n) is 11.7. The van der Waals surface area contributed by atoms with Gasteiger partial charge in [0.2, 0.25) is 0 Å². The van der Waals surface area contributed by atoms with Gasteiger partial charge in [0.1, 0.15) is 24.0 Å². The summed E-state index contributed by atoms with van der Waals surface area (Å²) in [6.07, 6.45) is 0.